The van der Waals surface area contributed by atoms with Crippen LogP contribution >= 0.6 is 12.2 Å². The van der Waals surface area contributed by atoms with E-state index in [1.807, 2.05) is 0 Å². The summed E-state index contributed by atoms with van der Waals surface area (Å²) < 4.78 is 27.3. The lowest BCUT2D eigenvalue weighted by molar-refractivity contribution is 0.0671. The number of likely N-dealkylation sites (tertiary alicyclic amines) is 1. The Morgan fingerprint density at radius 1 is 1.32 bits per heavy atom. The minimum absolute atomic E-state index is 0.185. The summed E-state index contributed by atoms with van der Waals surface area (Å²) >= 11 is 4.92. The van der Waals surface area contributed by atoms with Crippen LogP contribution in [-0.2, 0) is 0 Å². The van der Waals surface area contributed by atoms with E-state index in [4.69, 9.17) is 18.0 Å². The molecule has 6 heteroatoms. The summed E-state index contributed by atoms with van der Waals surface area (Å²) in [5, 5.41) is 0. The molecule has 2 rings (SSSR count). The lowest BCUT2D eigenvalue weighted by atomic mass is 10.0. The van der Waals surface area contributed by atoms with Crippen molar-refractivity contribution in [2.24, 2.45) is 5.73 Å². The van der Waals surface area contributed by atoms with Crippen molar-refractivity contribution in [3.63, 3.8) is 0 Å². The first-order valence-electron chi connectivity index (χ1n) is 6.06. The third-order valence-electron chi connectivity index (χ3n) is 3.27. The van der Waals surface area contributed by atoms with Crippen molar-refractivity contribution in [1.29, 1.82) is 0 Å². The normalized spacial score (nSPS) is 19.3. The van der Waals surface area contributed by atoms with Crippen molar-refractivity contribution in [2.45, 2.75) is 25.3 Å². The summed E-state index contributed by atoms with van der Waals surface area (Å²) in [6, 6.07) is 2.93. The number of hydrogen-bond acceptors (Lipinski definition) is 2. The molecule has 1 unspecified atom stereocenters. The first-order valence-corrected chi connectivity index (χ1v) is 6.47. The molecule has 1 aliphatic heterocycles. The van der Waals surface area contributed by atoms with Crippen LogP contribution < -0.4 is 5.73 Å². The van der Waals surface area contributed by atoms with Crippen molar-refractivity contribution in [3.05, 3.63) is 35.4 Å². The number of amides is 1. The summed E-state index contributed by atoms with van der Waals surface area (Å²) in [6.07, 6.45) is 2.31. The molecule has 1 fully saturated rings. The molecular formula is C13H14F2N2OS. The number of rotatable bonds is 2. The molecule has 0 aromatic heterocycles. The van der Waals surface area contributed by atoms with E-state index in [2.05, 4.69) is 0 Å². The Hall–Kier alpha value is -1.56. The summed E-state index contributed by atoms with van der Waals surface area (Å²) in [4.78, 5) is 13.8. The molecule has 1 saturated heterocycles. The first-order chi connectivity index (χ1) is 9.02. The Bertz CT molecular complexity index is 501. The standard InChI is InChI=1S/C13H14F2N2OS/c14-8-4-3-5-9(15)11(8)13(18)17-7-2-1-6-10(17)12(16)19/h3-5,10H,1-2,6-7H2,(H2,16,19). The Morgan fingerprint density at radius 3 is 2.53 bits per heavy atom. The van der Waals surface area contributed by atoms with Gasteiger partial charge in [-0.15, -0.1) is 0 Å². The van der Waals surface area contributed by atoms with Crippen molar-refractivity contribution < 1.29 is 13.6 Å². The topological polar surface area (TPSA) is 46.3 Å². The smallest absolute Gasteiger partial charge is 0.260 e. The highest BCUT2D eigenvalue weighted by molar-refractivity contribution is 7.80. The third kappa shape index (κ3) is 2.73. The second-order valence-corrected chi connectivity index (χ2v) is 4.98. The number of thiocarbonyl (C=S) groups is 1. The van der Waals surface area contributed by atoms with Crippen LogP contribution in [0, 0.1) is 11.6 Å². The van der Waals surface area contributed by atoms with Gasteiger partial charge in [0.05, 0.1) is 11.0 Å². The van der Waals surface area contributed by atoms with Crippen LogP contribution in [0.25, 0.3) is 0 Å². The SMILES string of the molecule is NC(=S)C1CCCCN1C(=O)c1c(F)cccc1F. The van der Waals surface area contributed by atoms with Gasteiger partial charge in [0.2, 0.25) is 0 Å². The van der Waals surface area contributed by atoms with E-state index in [-0.39, 0.29) is 4.99 Å². The molecule has 19 heavy (non-hydrogen) atoms. The van der Waals surface area contributed by atoms with Crippen LogP contribution in [0.2, 0.25) is 0 Å². The zero-order valence-electron chi connectivity index (χ0n) is 10.2. The number of carbonyl (C=O) groups excluding carboxylic acids is 1. The predicted molar refractivity (Wildman–Crippen MR) is 71.8 cm³/mol. The molecule has 1 aromatic carbocycles. The maximum absolute atomic E-state index is 13.6. The minimum Gasteiger partial charge on any atom is -0.392 e. The van der Waals surface area contributed by atoms with Gasteiger partial charge in [0.25, 0.3) is 5.91 Å². The summed E-state index contributed by atoms with van der Waals surface area (Å²) in [5.41, 5.74) is 5.06. The molecule has 1 heterocycles. The zero-order chi connectivity index (χ0) is 14.0. The van der Waals surface area contributed by atoms with Gasteiger partial charge < -0.3 is 10.6 Å². The molecule has 0 radical (unpaired) electrons. The van der Waals surface area contributed by atoms with Crippen molar-refractivity contribution in [2.75, 3.05) is 6.54 Å². The van der Waals surface area contributed by atoms with Crippen LogP contribution in [-0.4, -0.2) is 28.4 Å². The van der Waals surface area contributed by atoms with E-state index in [0.717, 1.165) is 25.0 Å². The maximum Gasteiger partial charge on any atom is 0.260 e. The van der Waals surface area contributed by atoms with E-state index >= 15 is 0 Å². The van der Waals surface area contributed by atoms with Gasteiger partial charge in [-0.25, -0.2) is 8.78 Å². The predicted octanol–water partition coefficient (Wildman–Crippen LogP) is 2.25. The third-order valence-corrected chi connectivity index (χ3v) is 3.54. The van der Waals surface area contributed by atoms with Gasteiger partial charge in [-0.2, -0.15) is 0 Å². The molecule has 1 atom stereocenters. The quantitative estimate of drug-likeness (QED) is 0.847. The number of benzene rings is 1. The summed E-state index contributed by atoms with van der Waals surface area (Å²) in [7, 11) is 0. The van der Waals surface area contributed by atoms with Gasteiger partial charge >= 0.3 is 0 Å². The highest BCUT2D eigenvalue weighted by atomic mass is 32.1. The number of nitrogens with two attached hydrogens (primary N) is 1. The molecule has 1 aromatic rings. The van der Waals surface area contributed by atoms with Crippen LogP contribution in [0.4, 0.5) is 8.78 Å². The molecule has 0 saturated carbocycles. The highest BCUT2D eigenvalue weighted by Crippen LogP contribution is 2.22. The summed E-state index contributed by atoms with van der Waals surface area (Å²) in [5.74, 6) is -2.41. The van der Waals surface area contributed by atoms with Crippen LogP contribution in [0.15, 0.2) is 18.2 Å². The fourth-order valence-corrected chi connectivity index (χ4v) is 2.56. The number of nitrogens with zero attached hydrogens (tertiary/aromatic N) is 1. The highest BCUT2D eigenvalue weighted by Gasteiger charge is 2.32. The van der Waals surface area contributed by atoms with Crippen molar-refractivity contribution in [3.8, 4) is 0 Å². The fourth-order valence-electron chi connectivity index (χ4n) is 2.32. The van der Waals surface area contributed by atoms with Crippen molar-refractivity contribution in [1.82, 2.24) is 4.90 Å². The van der Waals surface area contributed by atoms with Crippen LogP contribution in [0.3, 0.4) is 0 Å². The second kappa shape index (κ2) is 5.61. The lowest BCUT2D eigenvalue weighted by Gasteiger charge is -2.35. The van der Waals surface area contributed by atoms with Gasteiger partial charge in [-0.1, -0.05) is 18.3 Å². The second-order valence-electron chi connectivity index (χ2n) is 4.51. The number of hydrogen-bond donors (Lipinski definition) is 1. The molecular weight excluding hydrogens is 270 g/mol. The van der Waals surface area contributed by atoms with E-state index < -0.39 is 29.1 Å². The fraction of sp³-hybridized carbons (Fsp3) is 0.385. The Morgan fingerprint density at radius 2 is 1.95 bits per heavy atom. The molecule has 3 nitrogen and oxygen atoms in total. The van der Waals surface area contributed by atoms with Crippen LogP contribution in [0.1, 0.15) is 29.6 Å². The average Bonchev–Trinajstić information content (AvgIpc) is 2.38. The molecule has 1 amide bonds. The largest absolute Gasteiger partial charge is 0.392 e. The number of carbonyl (C=O) groups is 1. The first kappa shape index (κ1) is 13.9. The molecule has 0 aliphatic carbocycles. The van der Waals surface area contributed by atoms with Gasteiger partial charge in [0.15, 0.2) is 0 Å². The number of halogens is 2. The van der Waals surface area contributed by atoms with Crippen LogP contribution in [0.5, 0.6) is 0 Å². The molecule has 0 spiro atoms. The average molecular weight is 284 g/mol. The Balaban J connectivity index is 2.34. The van der Waals surface area contributed by atoms with E-state index in [9.17, 15) is 13.6 Å². The molecule has 2 N–H and O–H groups in total. The maximum atomic E-state index is 13.6. The zero-order valence-corrected chi connectivity index (χ0v) is 11.1. The number of piperidine rings is 1. The Kier molecular flexibility index (Phi) is 4.09. The minimum atomic E-state index is -0.864. The van der Waals surface area contributed by atoms with Gasteiger partial charge in [0, 0.05) is 6.54 Å². The van der Waals surface area contributed by atoms with E-state index in [1.165, 1.54) is 11.0 Å². The van der Waals surface area contributed by atoms with Gasteiger partial charge in [-0.05, 0) is 31.4 Å². The van der Waals surface area contributed by atoms with E-state index in [1.54, 1.807) is 0 Å². The van der Waals surface area contributed by atoms with Gasteiger partial charge in [0.1, 0.15) is 17.2 Å². The molecule has 102 valence electrons. The van der Waals surface area contributed by atoms with E-state index in [0.29, 0.717) is 13.0 Å². The monoisotopic (exact) mass is 284 g/mol. The van der Waals surface area contributed by atoms with Crippen molar-refractivity contribution >= 4 is 23.1 Å². The lowest BCUT2D eigenvalue weighted by Crippen LogP contribution is -2.50. The molecule has 1 aliphatic rings. The van der Waals surface area contributed by atoms with Gasteiger partial charge in [-0.3, -0.25) is 4.79 Å². The summed E-state index contributed by atoms with van der Waals surface area (Å²) in [6.45, 7) is 0.411. The Labute approximate surface area is 115 Å². The molecule has 0 bridgehead atoms.